The van der Waals surface area contributed by atoms with Gasteiger partial charge in [0.1, 0.15) is 23.3 Å². The number of rotatable bonds is 9. The second kappa shape index (κ2) is 11.0. The van der Waals surface area contributed by atoms with Gasteiger partial charge in [0, 0.05) is 5.75 Å². The molecule has 28 heavy (non-hydrogen) atoms. The summed E-state index contributed by atoms with van der Waals surface area (Å²) in [5, 5.41) is 22.9. The Balaban J connectivity index is 4.51. The van der Waals surface area contributed by atoms with E-state index >= 15 is 0 Å². The van der Waals surface area contributed by atoms with E-state index < -0.39 is 47.4 Å². The smallest absolute Gasteiger partial charge is 0.408 e. The van der Waals surface area contributed by atoms with E-state index in [1.165, 1.54) is 0 Å². The molecule has 10 nitrogen and oxygen atoms in total. The van der Waals surface area contributed by atoms with E-state index in [0.717, 1.165) is 11.8 Å². The van der Waals surface area contributed by atoms with Crippen molar-refractivity contribution >= 4 is 35.9 Å². The fourth-order valence-corrected chi connectivity index (χ4v) is 2.76. The van der Waals surface area contributed by atoms with Crippen LogP contribution >= 0.6 is 11.8 Å². The lowest BCUT2D eigenvalue weighted by atomic mass is 10.2. The van der Waals surface area contributed by atoms with E-state index in [-0.39, 0.29) is 17.9 Å². The first-order chi connectivity index (χ1) is 12.6. The van der Waals surface area contributed by atoms with Crippen molar-refractivity contribution in [2.24, 2.45) is 0 Å². The van der Waals surface area contributed by atoms with E-state index in [1.54, 1.807) is 41.5 Å². The first-order valence-corrected chi connectivity index (χ1v) is 9.78. The Morgan fingerprint density at radius 2 is 1.21 bits per heavy atom. The summed E-state index contributed by atoms with van der Waals surface area (Å²) in [7, 11) is 0. The standard InChI is InChI=1S/C17H30N2O8S/c1-16(2,3)26-14(24)18-10(12(20)21)7-8-28-9-11(13(22)23)19-15(25)27-17(4,5)6/h10-11H,7-9H2,1-6H3,(H,18,24)(H,19,25)(H,20,21)(H,22,23)/t10-,11+/m1/s1. The number of ether oxygens (including phenoxy) is 2. The van der Waals surface area contributed by atoms with E-state index in [0.29, 0.717) is 0 Å². The average molecular weight is 423 g/mol. The molecule has 0 fully saturated rings. The summed E-state index contributed by atoms with van der Waals surface area (Å²) < 4.78 is 10.0. The number of carbonyl (C=O) groups is 4. The summed E-state index contributed by atoms with van der Waals surface area (Å²) in [6.45, 7) is 9.92. The summed E-state index contributed by atoms with van der Waals surface area (Å²) in [4.78, 5) is 45.9. The average Bonchev–Trinajstić information content (AvgIpc) is 2.44. The zero-order chi connectivity index (χ0) is 22.1. The zero-order valence-corrected chi connectivity index (χ0v) is 17.8. The Morgan fingerprint density at radius 1 is 0.821 bits per heavy atom. The van der Waals surface area contributed by atoms with Gasteiger partial charge >= 0.3 is 24.1 Å². The number of aliphatic carboxylic acids is 2. The summed E-state index contributed by atoms with van der Waals surface area (Å²) in [6.07, 6.45) is -1.65. The van der Waals surface area contributed by atoms with Crippen molar-refractivity contribution in [2.45, 2.75) is 71.2 Å². The minimum absolute atomic E-state index is 0.00729. The fraction of sp³-hybridized carbons (Fsp3) is 0.765. The molecule has 0 radical (unpaired) electrons. The Bertz CT molecular complexity index is 518. The van der Waals surface area contributed by atoms with Crippen molar-refractivity contribution in [2.75, 3.05) is 11.5 Å². The maximum Gasteiger partial charge on any atom is 0.408 e. The Kier molecular flexibility index (Phi) is 10.1. The van der Waals surface area contributed by atoms with Gasteiger partial charge in [0.05, 0.1) is 0 Å². The van der Waals surface area contributed by atoms with Gasteiger partial charge in [0.15, 0.2) is 0 Å². The fourth-order valence-electron chi connectivity index (χ4n) is 1.73. The SMILES string of the molecule is CC(C)(C)OC(=O)N[C@@H](CSCC[C@@H](NC(=O)OC(C)(C)C)C(=O)O)C(=O)O. The molecule has 0 saturated carbocycles. The maximum absolute atomic E-state index is 11.7. The van der Waals surface area contributed by atoms with Crippen molar-refractivity contribution in [3.8, 4) is 0 Å². The molecule has 0 aromatic heterocycles. The van der Waals surface area contributed by atoms with Crippen LogP contribution in [-0.4, -0.2) is 69.1 Å². The second-order valence-corrected chi connectivity index (χ2v) is 9.09. The van der Waals surface area contributed by atoms with Crippen LogP contribution in [0.3, 0.4) is 0 Å². The van der Waals surface area contributed by atoms with Crippen molar-refractivity contribution < 1.29 is 38.9 Å². The third-order valence-electron chi connectivity index (χ3n) is 2.81. The molecule has 0 heterocycles. The highest BCUT2D eigenvalue weighted by molar-refractivity contribution is 7.99. The van der Waals surface area contributed by atoms with Crippen molar-refractivity contribution in [3.05, 3.63) is 0 Å². The van der Waals surface area contributed by atoms with Crippen LogP contribution < -0.4 is 10.6 Å². The number of alkyl carbamates (subject to hydrolysis) is 2. The molecule has 0 aromatic carbocycles. The van der Waals surface area contributed by atoms with Crippen molar-refractivity contribution in [1.29, 1.82) is 0 Å². The quantitative estimate of drug-likeness (QED) is 0.409. The van der Waals surface area contributed by atoms with E-state index in [9.17, 15) is 29.4 Å². The molecule has 11 heteroatoms. The van der Waals surface area contributed by atoms with Gasteiger partial charge in [-0.2, -0.15) is 11.8 Å². The van der Waals surface area contributed by atoms with E-state index in [1.807, 2.05) is 0 Å². The minimum atomic E-state index is -1.24. The largest absolute Gasteiger partial charge is 0.480 e. The predicted molar refractivity (Wildman–Crippen MR) is 104 cm³/mol. The monoisotopic (exact) mass is 422 g/mol. The van der Waals surface area contributed by atoms with Gasteiger partial charge in [-0.15, -0.1) is 0 Å². The van der Waals surface area contributed by atoms with Crippen LogP contribution in [0.4, 0.5) is 9.59 Å². The molecule has 0 saturated heterocycles. The van der Waals surface area contributed by atoms with Crippen molar-refractivity contribution in [3.63, 3.8) is 0 Å². The molecule has 0 aliphatic rings. The van der Waals surface area contributed by atoms with Crippen LogP contribution in [0.1, 0.15) is 48.0 Å². The maximum atomic E-state index is 11.7. The number of hydrogen-bond donors (Lipinski definition) is 4. The number of carboxylic acid groups (broad SMARTS) is 2. The molecule has 0 spiro atoms. The van der Waals surface area contributed by atoms with Gasteiger partial charge in [-0.1, -0.05) is 0 Å². The first-order valence-electron chi connectivity index (χ1n) is 8.63. The number of amides is 2. The minimum Gasteiger partial charge on any atom is -0.480 e. The zero-order valence-electron chi connectivity index (χ0n) is 17.0. The number of hydrogen-bond acceptors (Lipinski definition) is 7. The van der Waals surface area contributed by atoms with Gasteiger partial charge in [-0.3, -0.25) is 0 Å². The van der Waals surface area contributed by atoms with E-state index in [4.69, 9.17) is 9.47 Å². The van der Waals surface area contributed by atoms with Gasteiger partial charge in [0.2, 0.25) is 0 Å². The lowest BCUT2D eigenvalue weighted by Gasteiger charge is -2.22. The molecule has 0 aliphatic carbocycles. The first kappa shape index (κ1) is 25.8. The topological polar surface area (TPSA) is 151 Å². The third-order valence-corrected chi connectivity index (χ3v) is 3.91. The Labute approximate surface area is 168 Å². The number of carbonyl (C=O) groups excluding carboxylic acids is 2. The van der Waals surface area contributed by atoms with Gasteiger partial charge in [-0.05, 0) is 53.7 Å². The summed E-state index contributed by atoms with van der Waals surface area (Å²) in [6, 6.07) is -2.37. The Hall–Kier alpha value is -2.17. The summed E-state index contributed by atoms with van der Waals surface area (Å²) >= 11 is 1.13. The third kappa shape index (κ3) is 13.1. The molecule has 0 unspecified atom stereocenters. The predicted octanol–water partition coefficient (Wildman–Crippen LogP) is 2.07. The number of thioether (sulfide) groups is 1. The highest BCUT2D eigenvalue weighted by atomic mass is 32.2. The van der Waals surface area contributed by atoms with Crippen LogP contribution in [0, 0.1) is 0 Å². The lowest BCUT2D eigenvalue weighted by Crippen LogP contribution is -2.45. The van der Waals surface area contributed by atoms with Crippen LogP contribution in [0.2, 0.25) is 0 Å². The number of carboxylic acids is 2. The molecule has 0 bridgehead atoms. The molecule has 2 atom stereocenters. The van der Waals surface area contributed by atoms with Gasteiger partial charge in [0.25, 0.3) is 0 Å². The highest BCUT2D eigenvalue weighted by Gasteiger charge is 2.26. The van der Waals surface area contributed by atoms with E-state index in [2.05, 4.69) is 10.6 Å². The normalized spacial score (nSPS) is 13.8. The summed E-state index contributed by atoms with van der Waals surface area (Å²) in [5.74, 6) is -2.21. The number of nitrogens with one attached hydrogen (secondary N) is 2. The molecule has 4 N–H and O–H groups in total. The molecule has 0 aromatic rings. The summed E-state index contributed by atoms with van der Waals surface area (Å²) in [5.41, 5.74) is -1.52. The van der Waals surface area contributed by atoms with Crippen LogP contribution in [-0.2, 0) is 19.1 Å². The molecular weight excluding hydrogens is 392 g/mol. The van der Waals surface area contributed by atoms with Gasteiger partial charge in [-0.25, -0.2) is 19.2 Å². The van der Waals surface area contributed by atoms with Crippen LogP contribution in [0.25, 0.3) is 0 Å². The highest BCUT2D eigenvalue weighted by Crippen LogP contribution is 2.11. The van der Waals surface area contributed by atoms with Crippen LogP contribution in [0.5, 0.6) is 0 Å². The molecule has 162 valence electrons. The molecular formula is C17H30N2O8S. The molecule has 0 rings (SSSR count). The molecule has 0 aliphatic heterocycles. The lowest BCUT2D eigenvalue weighted by molar-refractivity contribution is -0.140. The second-order valence-electron chi connectivity index (χ2n) is 7.94. The van der Waals surface area contributed by atoms with Crippen molar-refractivity contribution in [1.82, 2.24) is 10.6 Å². The van der Waals surface area contributed by atoms with Crippen LogP contribution in [0.15, 0.2) is 0 Å². The van der Waals surface area contributed by atoms with Gasteiger partial charge < -0.3 is 30.3 Å². The Morgan fingerprint density at radius 3 is 1.57 bits per heavy atom. The molecule has 2 amide bonds.